The van der Waals surface area contributed by atoms with Crippen LogP contribution in [0.3, 0.4) is 0 Å². The van der Waals surface area contributed by atoms with Crippen LogP contribution >= 0.6 is 0 Å². The van der Waals surface area contributed by atoms with Gasteiger partial charge in [-0.05, 0) is 63.6 Å². The van der Waals surface area contributed by atoms with Crippen LogP contribution in [0.15, 0.2) is 30.8 Å². The molecule has 1 aliphatic rings. The van der Waals surface area contributed by atoms with Gasteiger partial charge in [0.2, 0.25) is 11.8 Å². The first kappa shape index (κ1) is 25.4. The summed E-state index contributed by atoms with van der Waals surface area (Å²) in [4.78, 5) is 40.3. The van der Waals surface area contributed by atoms with E-state index in [-0.39, 0.29) is 24.4 Å². The zero-order valence-corrected chi connectivity index (χ0v) is 19.8. The molecule has 0 aromatic heterocycles. The Morgan fingerprint density at radius 2 is 1.97 bits per heavy atom. The van der Waals surface area contributed by atoms with Crippen LogP contribution < -0.4 is 10.6 Å². The third-order valence-electron chi connectivity index (χ3n) is 5.36. The van der Waals surface area contributed by atoms with Gasteiger partial charge in [-0.3, -0.25) is 9.59 Å². The second kappa shape index (κ2) is 11.7. The van der Waals surface area contributed by atoms with Crippen molar-refractivity contribution in [3.8, 4) is 0 Å². The smallest absolute Gasteiger partial charge is 0.408 e. The van der Waals surface area contributed by atoms with Crippen molar-refractivity contribution < 1.29 is 19.1 Å². The van der Waals surface area contributed by atoms with E-state index in [0.29, 0.717) is 6.54 Å². The van der Waals surface area contributed by atoms with Crippen LogP contribution in [0, 0.1) is 0 Å². The average Bonchev–Trinajstić information content (AvgIpc) is 2.69. The summed E-state index contributed by atoms with van der Waals surface area (Å²) in [6.07, 6.45) is 5.55. The Morgan fingerprint density at radius 3 is 2.53 bits per heavy atom. The minimum Gasteiger partial charge on any atom is -0.444 e. The van der Waals surface area contributed by atoms with Gasteiger partial charge in [0.1, 0.15) is 18.2 Å². The van der Waals surface area contributed by atoms with Crippen LogP contribution in [0.5, 0.6) is 0 Å². The molecular weight excluding hydrogens is 406 g/mol. The molecule has 0 spiro atoms. The highest BCUT2D eigenvalue weighted by molar-refractivity contribution is 5.90. The molecule has 0 saturated heterocycles. The monoisotopic (exact) mass is 443 g/mol. The molecule has 1 aromatic carbocycles. The van der Waals surface area contributed by atoms with Crippen molar-refractivity contribution in [3.63, 3.8) is 0 Å². The number of hydrogen-bond acceptors (Lipinski definition) is 4. The highest BCUT2D eigenvalue weighted by atomic mass is 16.6. The molecule has 32 heavy (non-hydrogen) atoms. The minimum absolute atomic E-state index is 0.0442. The van der Waals surface area contributed by atoms with Crippen molar-refractivity contribution in [2.24, 2.45) is 0 Å². The van der Waals surface area contributed by atoms with E-state index in [1.807, 2.05) is 24.3 Å². The van der Waals surface area contributed by atoms with Crippen molar-refractivity contribution in [2.45, 2.75) is 77.5 Å². The Balaban J connectivity index is 2.29. The number of unbranched alkanes of at least 4 members (excludes halogenated alkanes) is 1. The van der Waals surface area contributed by atoms with Gasteiger partial charge in [-0.25, -0.2) is 4.79 Å². The molecule has 0 aliphatic heterocycles. The second-order valence-corrected chi connectivity index (χ2v) is 9.16. The third-order valence-corrected chi connectivity index (χ3v) is 5.36. The molecule has 1 aromatic rings. The molecule has 2 rings (SSSR count). The molecule has 176 valence electrons. The van der Waals surface area contributed by atoms with Crippen LogP contribution in [0.2, 0.25) is 0 Å². The number of rotatable bonds is 10. The lowest BCUT2D eigenvalue weighted by Gasteiger charge is -2.42. The Morgan fingerprint density at radius 1 is 1.25 bits per heavy atom. The highest BCUT2D eigenvalue weighted by Gasteiger charge is 2.38. The van der Waals surface area contributed by atoms with Gasteiger partial charge in [-0.1, -0.05) is 44.2 Å². The van der Waals surface area contributed by atoms with Crippen molar-refractivity contribution in [1.29, 1.82) is 0 Å². The summed E-state index contributed by atoms with van der Waals surface area (Å²) in [6.45, 7) is 11.5. The van der Waals surface area contributed by atoms with E-state index in [9.17, 15) is 14.4 Å². The molecule has 1 saturated carbocycles. The van der Waals surface area contributed by atoms with Crippen molar-refractivity contribution in [2.75, 3.05) is 13.1 Å². The molecule has 0 heterocycles. The van der Waals surface area contributed by atoms with Crippen molar-refractivity contribution in [3.05, 3.63) is 42.0 Å². The fraction of sp³-hybridized carbons (Fsp3) is 0.560. The summed E-state index contributed by atoms with van der Waals surface area (Å²) >= 11 is 0. The van der Waals surface area contributed by atoms with Gasteiger partial charge in [0, 0.05) is 12.6 Å². The van der Waals surface area contributed by atoms with E-state index in [2.05, 4.69) is 24.1 Å². The Labute approximate surface area is 191 Å². The van der Waals surface area contributed by atoms with Crippen molar-refractivity contribution >= 4 is 24.0 Å². The van der Waals surface area contributed by atoms with E-state index in [0.717, 1.165) is 43.2 Å². The number of nitrogens with one attached hydrogen (secondary N) is 2. The number of ether oxygens (including phenoxy) is 1. The fourth-order valence-corrected chi connectivity index (χ4v) is 3.56. The van der Waals surface area contributed by atoms with Crippen LogP contribution in [-0.2, 0) is 14.3 Å². The van der Waals surface area contributed by atoms with Gasteiger partial charge in [0.25, 0.3) is 0 Å². The first-order valence-electron chi connectivity index (χ1n) is 11.4. The Hall–Kier alpha value is -2.83. The summed E-state index contributed by atoms with van der Waals surface area (Å²) < 4.78 is 5.25. The minimum atomic E-state index is -0.773. The standard InChI is InChI=1S/C25H37N3O4/c1-6-8-15-26-23(30)22(19-12-9-11-18(7-2)16-19)28(20-13-10-14-20)21(29)17-27-24(31)32-25(3,4)5/h7,9,11-12,16,20,22H,2,6,8,10,13-15,17H2,1,3-5H3,(H,26,30)(H,27,31). The van der Waals surface area contributed by atoms with Gasteiger partial charge in [-0.2, -0.15) is 0 Å². The van der Waals surface area contributed by atoms with Gasteiger partial charge in [0.15, 0.2) is 0 Å². The maximum absolute atomic E-state index is 13.3. The highest BCUT2D eigenvalue weighted by Crippen LogP contribution is 2.33. The predicted molar refractivity (Wildman–Crippen MR) is 126 cm³/mol. The summed E-state index contributed by atoms with van der Waals surface area (Å²) in [5.74, 6) is -0.516. The largest absolute Gasteiger partial charge is 0.444 e. The van der Waals surface area contributed by atoms with Crippen LogP contribution in [0.4, 0.5) is 4.79 Å². The molecule has 7 heteroatoms. The molecular formula is C25H37N3O4. The van der Waals surface area contributed by atoms with Crippen molar-refractivity contribution in [1.82, 2.24) is 15.5 Å². The lowest BCUT2D eigenvalue weighted by Crippen LogP contribution is -2.54. The van der Waals surface area contributed by atoms with Gasteiger partial charge >= 0.3 is 6.09 Å². The molecule has 3 amide bonds. The second-order valence-electron chi connectivity index (χ2n) is 9.16. The number of carbonyl (C=O) groups excluding carboxylic acids is 3. The summed E-state index contributed by atoms with van der Waals surface area (Å²) in [5, 5.41) is 5.53. The fourth-order valence-electron chi connectivity index (χ4n) is 3.56. The Kier molecular flexibility index (Phi) is 9.29. The number of nitrogens with zero attached hydrogens (tertiary/aromatic N) is 1. The normalized spacial score (nSPS) is 14.6. The summed E-state index contributed by atoms with van der Waals surface area (Å²) in [5.41, 5.74) is 0.948. The summed E-state index contributed by atoms with van der Waals surface area (Å²) in [6, 6.07) is 6.69. The van der Waals surface area contributed by atoms with E-state index in [1.54, 1.807) is 31.7 Å². The van der Waals surface area contributed by atoms with E-state index < -0.39 is 17.7 Å². The zero-order chi connectivity index (χ0) is 23.7. The number of amides is 3. The lowest BCUT2D eigenvalue weighted by molar-refractivity contribution is -0.145. The SMILES string of the molecule is C=Cc1cccc(C(C(=O)NCCCC)N(C(=O)CNC(=O)OC(C)(C)C)C2CCC2)c1. The first-order chi connectivity index (χ1) is 15.2. The predicted octanol–water partition coefficient (Wildman–Crippen LogP) is 4.19. The van der Waals surface area contributed by atoms with E-state index in [4.69, 9.17) is 4.74 Å². The maximum atomic E-state index is 13.3. The zero-order valence-electron chi connectivity index (χ0n) is 19.8. The number of hydrogen-bond donors (Lipinski definition) is 2. The van der Waals surface area contributed by atoms with E-state index in [1.165, 1.54) is 0 Å². The maximum Gasteiger partial charge on any atom is 0.408 e. The molecule has 2 N–H and O–H groups in total. The van der Waals surface area contributed by atoms with E-state index >= 15 is 0 Å². The summed E-state index contributed by atoms with van der Waals surface area (Å²) in [7, 11) is 0. The first-order valence-corrected chi connectivity index (χ1v) is 11.4. The molecule has 1 atom stereocenters. The molecule has 7 nitrogen and oxygen atoms in total. The van der Waals surface area contributed by atoms with Gasteiger partial charge in [0.05, 0.1) is 0 Å². The molecule has 0 radical (unpaired) electrons. The molecule has 0 bridgehead atoms. The number of benzene rings is 1. The quantitative estimate of drug-likeness (QED) is 0.531. The van der Waals surface area contributed by atoms with Crippen LogP contribution in [-0.4, -0.2) is 47.5 Å². The number of carbonyl (C=O) groups is 3. The molecule has 1 fully saturated rings. The van der Waals surface area contributed by atoms with Gasteiger partial charge < -0.3 is 20.3 Å². The molecule has 1 aliphatic carbocycles. The van der Waals surface area contributed by atoms with Gasteiger partial charge in [-0.15, -0.1) is 0 Å². The number of alkyl carbamates (subject to hydrolysis) is 1. The topological polar surface area (TPSA) is 87.7 Å². The third kappa shape index (κ3) is 7.39. The lowest BCUT2D eigenvalue weighted by atomic mass is 9.88. The average molecular weight is 444 g/mol. The van der Waals surface area contributed by atoms with Crippen LogP contribution in [0.1, 0.15) is 77.0 Å². The van der Waals surface area contributed by atoms with Crippen LogP contribution in [0.25, 0.3) is 6.08 Å². The Bertz CT molecular complexity index is 812. The molecule has 1 unspecified atom stereocenters.